The molecule has 0 fully saturated rings. The van der Waals surface area contributed by atoms with Crippen LogP contribution >= 0.6 is 22.9 Å². The van der Waals surface area contributed by atoms with E-state index in [1.54, 1.807) is 23.7 Å². The molecule has 0 bridgehead atoms. The Morgan fingerprint density at radius 2 is 2.07 bits per heavy atom. The molecule has 2 aromatic rings. The first-order chi connectivity index (χ1) is 7.40. The summed E-state index contributed by atoms with van der Waals surface area (Å²) in [5, 5.41) is 3.16. The first kappa shape index (κ1) is 10.6. The summed E-state index contributed by atoms with van der Waals surface area (Å²) in [4.78, 5) is 8.54. The first-order valence-corrected chi connectivity index (χ1v) is 6.22. The number of rotatable bonds is 4. The highest BCUT2D eigenvalue weighted by atomic mass is 35.5. The molecule has 15 heavy (non-hydrogen) atoms. The molecule has 0 spiro atoms. The van der Waals surface area contributed by atoms with Crippen molar-refractivity contribution in [1.29, 1.82) is 0 Å². The van der Waals surface area contributed by atoms with Crippen LogP contribution in [0.25, 0.3) is 10.6 Å². The summed E-state index contributed by atoms with van der Waals surface area (Å²) in [5.74, 6) is 0.697. The van der Waals surface area contributed by atoms with Crippen molar-refractivity contribution in [1.82, 2.24) is 9.97 Å². The van der Waals surface area contributed by atoms with Crippen molar-refractivity contribution >= 4 is 22.9 Å². The van der Waals surface area contributed by atoms with Crippen LogP contribution in [0.3, 0.4) is 0 Å². The van der Waals surface area contributed by atoms with Crippen molar-refractivity contribution < 1.29 is 0 Å². The number of pyridine rings is 1. The van der Waals surface area contributed by atoms with Gasteiger partial charge in [0.25, 0.3) is 0 Å². The molecule has 0 radical (unpaired) electrons. The topological polar surface area (TPSA) is 25.8 Å². The molecule has 0 saturated carbocycles. The lowest BCUT2D eigenvalue weighted by Crippen LogP contribution is -1.86. The second-order valence-corrected chi connectivity index (χ2v) is 4.41. The Bertz CT molecular complexity index is 414. The van der Waals surface area contributed by atoms with Crippen molar-refractivity contribution in [2.75, 3.05) is 5.88 Å². The van der Waals surface area contributed by atoms with Crippen LogP contribution in [0.1, 0.15) is 12.1 Å². The molecule has 0 aliphatic rings. The van der Waals surface area contributed by atoms with E-state index >= 15 is 0 Å². The fourth-order valence-electron chi connectivity index (χ4n) is 1.30. The Labute approximate surface area is 98.0 Å². The quantitative estimate of drug-likeness (QED) is 0.764. The fourth-order valence-corrected chi connectivity index (χ4v) is 2.29. The third kappa shape index (κ3) is 2.76. The highest BCUT2D eigenvalue weighted by molar-refractivity contribution is 7.13. The SMILES string of the molecule is ClCCCc1csc(-c2ccncc2)n1. The van der Waals surface area contributed by atoms with E-state index in [1.165, 1.54) is 0 Å². The summed E-state index contributed by atoms with van der Waals surface area (Å²) < 4.78 is 0. The van der Waals surface area contributed by atoms with Crippen LogP contribution in [0, 0.1) is 0 Å². The smallest absolute Gasteiger partial charge is 0.123 e. The van der Waals surface area contributed by atoms with Gasteiger partial charge in [0.1, 0.15) is 5.01 Å². The van der Waals surface area contributed by atoms with E-state index in [0.29, 0.717) is 5.88 Å². The van der Waals surface area contributed by atoms with Gasteiger partial charge in [0, 0.05) is 29.2 Å². The Kier molecular flexibility index (Phi) is 3.69. The van der Waals surface area contributed by atoms with Gasteiger partial charge in [0.15, 0.2) is 0 Å². The van der Waals surface area contributed by atoms with E-state index in [1.807, 2.05) is 12.1 Å². The molecular formula is C11H11ClN2S. The van der Waals surface area contributed by atoms with Crippen LogP contribution in [0.2, 0.25) is 0 Å². The molecule has 2 aromatic heterocycles. The van der Waals surface area contributed by atoms with Crippen LogP contribution in [-0.4, -0.2) is 15.8 Å². The zero-order valence-electron chi connectivity index (χ0n) is 8.19. The zero-order chi connectivity index (χ0) is 10.5. The van der Waals surface area contributed by atoms with Crippen LogP contribution in [0.5, 0.6) is 0 Å². The number of hydrogen-bond acceptors (Lipinski definition) is 3. The number of alkyl halides is 1. The highest BCUT2D eigenvalue weighted by Gasteiger charge is 2.03. The van der Waals surface area contributed by atoms with E-state index in [9.17, 15) is 0 Å². The number of thiazole rings is 1. The Morgan fingerprint density at radius 1 is 1.27 bits per heavy atom. The maximum atomic E-state index is 5.64. The third-order valence-electron chi connectivity index (χ3n) is 2.05. The number of nitrogens with zero attached hydrogens (tertiary/aromatic N) is 2. The molecule has 0 amide bonds. The summed E-state index contributed by atoms with van der Waals surface area (Å²) in [7, 11) is 0. The molecule has 78 valence electrons. The van der Waals surface area contributed by atoms with Gasteiger partial charge >= 0.3 is 0 Å². The summed E-state index contributed by atoms with van der Waals surface area (Å²) in [5.41, 5.74) is 2.26. The summed E-state index contributed by atoms with van der Waals surface area (Å²) in [6.45, 7) is 0. The van der Waals surface area contributed by atoms with Crippen molar-refractivity contribution in [3.8, 4) is 10.6 Å². The largest absolute Gasteiger partial charge is 0.265 e. The van der Waals surface area contributed by atoms with E-state index in [4.69, 9.17) is 11.6 Å². The van der Waals surface area contributed by atoms with E-state index in [2.05, 4.69) is 15.3 Å². The molecule has 0 aliphatic heterocycles. The van der Waals surface area contributed by atoms with Gasteiger partial charge in [-0.25, -0.2) is 4.98 Å². The van der Waals surface area contributed by atoms with Gasteiger partial charge in [-0.05, 0) is 25.0 Å². The van der Waals surface area contributed by atoms with Gasteiger partial charge in [-0.1, -0.05) is 0 Å². The summed E-state index contributed by atoms with van der Waals surface area (Å²) in [6.07, 6.45) is 5.52. The second kappa shape index (κ2) is 5.24. The maximum absolute atomic E-state index is 5.64. The fraction of sp³-hybridized carbons (Fsp3) is 0.273. The lowest BCUT2D eigenvalue weighted by atomic mass is 10.2. The predicted octanol–water partition coefficient (Wildman–Crippen LogP) is 3.38. The molecular weight excluding hydrogens is 228 g/mol. The van der Waals surface area contributed by atoms with E-state index in [-0.39, 0.29) is 0 Å². The molecule has 2 nitrogen and oxygen atoms in total. The third-order valence-corrected chi connectivity index (χ3v) is 3.25. The highest BCUT2D eigenvalue weighted by Crippen LogP contribution is 2.23. The van der Waals surface area contributed by atoms with Gasteiger partial charge in [0.2, 0.25) is 0 Å². The first-order valence-electron chi connectivity index (χ1n) is 4.81. The maximum Gasteiger partial charge on any atom is 0.123 e. The van der Waals surface area contributed by atoms with Gasteiger partial charge in [0.05, 0.1) is 5.69 Å². The van der Waals surface area contributed by atoms with Gasteiger partial charge in [-0.3, -0.25) is 4.98 Å². The zero-order valence-corrected chi connectivity index (χ0v) is 9.76. The normalized spacial score (nSPS) is 10.5. The minimum Gasteiger partial charge on any atom is -0.265 e. The lowest BCUT2D eigenvalue weighted by molar-refractivity contribution is 0.900. The predicted molar refractivity (Wildman–Crippen MR) is 64.4 cm³/mol. The number of aryl methyl sites for hydroxylation is 1. The Morgan fingerprint density at radius 3 is 2.80 bits per heavy atom. The molecule has 0 aliphatic carbocycles. The number of halogens is 1. The average molecular weight is 239 g/mol. The van der Waals surface area contributed by atoms with Gasteiger partial charge in [-0.15, -0.1) is 22.9 Å². The molecule has 2 rings (SSSR count). The monoisotopic (exact) mass is 238 g/mol. The second-order valence-electron chi connectivity index (χ2n) is 3.17. The minimum atomic E-state index is 0.697. The average Bonchev–Trinajstić information content (AvgIpc) is 2.76. The molecule has 4 heteroatoms. The van der Waals surface area contributed by atoms with Crippen molar-refractivity contribution in [3.05, 3.63) is 35.6 Å². The van der Waals surface area contributed by atoms with Crippen LogP contribution in [0.4, 0.5) is 0 Å². The molecule has 0 atom stereocenters. The Hall–Kier alpha value is -0.930. The lowest BCUT2D eigenvalue weighted by Gasteiger charge is -1.94. The van der Waals surface area contributed by atoms with Crippen LogP contribution < -0.4 is 0 Å². The Balaban J connectivity index is 2.14. The number of aromatic nitrogens is 2. The number of hydrogen-bond donors (Lipinski definition) is 0. The molecule has 0 aromatic carbocycles. The van der Waals surface area contributed by atoms with E-state index < -0.39 is 0 Å². The van der Waals surface area contributed by atoms with E-state index in [0.717, 1.165) is 29.1 Å². The summed E-state index contributed by atoms with van der Waals surface area (Å²) >= 11 is 7.31. The van der Waals surface area contributed by atoms with Crippen LogP contribution in [-0.2, 0) is 6.42 Å². The standard InChI is InChI=1S/C11H11ClN2S/c12-5-1-2-10-8-15-11(14-10)9-3-6-13-7-4-9/h3-4,6-8H,1-2,5H2. The molecule has 0 N–H and O–H groups in total. The van der Waals surface area contributed by atoms with Crippen molar-refractivity contribution in [3.63, 3.8) is 0 Å². The van der Waals surface area contributed by atoms with Crippen molar-refractivity contribution in [2.45, 2.75) is 12.8 Å². The molecule has 2 heterocycles. The minimum absolute atomic E-state index is 0.697. The molecule has 0 unspecified atom stereocenters. The molecule has 0 saturated heterocycles. The van der Waals surface area contributed by atoms with Crippen molar-refractivity contribution in [2.24, 2.45) is 0 Å². The van der Waals surface area contributed by atoms with Crippen LogP contribution in [0.15, 0.2) is 29.9 Å². The van der Waals surface area contributed by atoms with Gasteiger partial charge < -0.3 is 0 Å². The van der Waals surface area contributed by atoms with Gasteiger partial charge in [-0.2, -0.15) is 0 Å². The summed E-state index contributed by atoms with van der Waals surface area (Å²) in [6, 6.07) is 3.95.